The van der Waals surface area contributed by atoms with Crippen LogP contribution in [-0.2, 0) is 16.6 Å². The van der Waals surface area contributed by atoms with Crippen molar-refractivity contribution in [2.45, 2.75) is 31.8 Å². The molecular weight excluding hydrogens is 324 g/mol. The number of methoxy groups -OCH3 is 1. The molecule has 0 radical (unpaired) electrons. The lowest BCUT2D eigenvalue weighted by Crippen LogP contribution is -2.48. The molecule has 1 fully saturated rings. The number of aromatic nitrogens is 2. The van der Waals surface area contributed by atoms with Crippen molar-refractivity contribution in [2.75, 3.05) is 25.1 Å². The van der Waals surface area contributed by atoms with E-state index < -0.39 is 6.04 Å². The molecule has 0 aromatic carbocycles. The van der Waals surface area contributed by atoms with Gasteiger partial charge in [0, 0.05) is 32.2 Å². The van der Waals surface area contributed by atoms with E-state index in [4.69, 9.17) is 4.74 Å². The third kappa shape index (κ3) is 3.62. The summed E-state index contributed by atoms with van der Waals surface area (Å²) in [5.41, 5.74) is 1.99. The highest BCUT2D eigenvalue weighted by molar-refractivity contribution is 7.08. The number of nitrogens with zero attached hydrogens (tertiary/aromatic N) is 3. The third-order valence-electron chi connectivity index (χ3n) is 4.44. The summed E-state index contributed by atoms with van der Waals surface area (Å²) in [5.74, 6) is 0.894. The summed E-state index contributed by atoms with van der Waals surface area (Å²) in [5, 5.41) is 11.9. The van der Waals surface area contributed by atoms with Crippen molar-refractivity contribution in [3.8, 4) is 0 Å². The van der Waals surface area contributed by atoms with Crippen LogP contribution in [0.25, 0.3) is 0 Å². The summed E-state index contributed by atoms with van der Waals surface area (Å²) in [6, 6.07) is 3.92. The molecule has 2 aromatic heterocycles. The highest BCUT2D eigenvalue weighted by Crippen LogP contribution is 2.24. The van der Waals surface area contributed by atoms with E-state index in [2.05, 4.69) is 21.4 Å². The van der Waals surface area contributed by atoms with E-state index in [1.807, 2.05) is 35.5 Å². The van der Waals surface area contributed by atoms with Gasteiger partial charge in [-0.25, -0.2) is 4.79 Å². The fourth-order valence-corrected chi connectivity index (χ4v) is 3.99. The van der Waals surface area contributed by atoms with E-state index >= 15 is 0 Å². The Kier molecular flexibility index (Phi) is 5.20. The first-order valence-corrected chi connectivity index (χ1v) is 9.14. The summed E-state index contributed by atoms with van der Waals surface area (Å²) in [4.78, 5) is 14.5. The molecule has 1 saturated heterocycles. The lowest BCUT2D eigenvalue weighted by molar-refractivity contribution is -0.143. The monoisotopic (exact) mass is 348 g/mol. The van der Waals surface area contributed by atoms with Crippen LogP contribution >= 0.6 is 11.3 Å². The predicted octanol–water partition coefficient (Wildman–Crippen LogP) is 2.26. The van der Waals surface area contributed by atoms with Gasteiger partial charge in [-0.3, -0.25) is 10.00 Å². The number of nitrogens with one attached hydrogen (secondary N) is 1. The minimum absolute atomic E-state index is 0.234. The highest BCUT2D eigenvalue weighted by atomic mass is 32.1. The van der Waals surface area contributed by atoms with Gasteiger partial charge in [-0.15, -0.1) is 0 Å². The van der Waals surface area contributed by atoms with Crippen LogP contribution < -0.4 is 10.2 Å². The quantitative estimate of drug-likeness (QED) is 0.840. The first-order valence-electron chi connectivity index (χ1n) is 8.20. The van der Waals surface area contributed by atoms with Gasteiger partial charge < -0.3 is 9.64 Å². The first kappa shape index (κ1) is 17.0. The van der Waals surface area contributed by atoms with Crippen LogP contribution in [0.1, 0.15) is 30.1 Å². The number of anilines is 1. The molecule has 0 aliphatic carbocycles. The summed E-state index contributed by atoms with van der Waals surface area (Å²) in [6.45, 7) is 3.88. The topological polar surface area (TPSA) is 59.4 Å². The molecule has 0 spiro atoms. The number of thiophene rings is 1. The number of esters is 1. The maximum atomic E-state index is 12.2. The predicted molar refractivity (Wildman–Crippen MR) is 95.4 cm³/mol. The Morgan fingerprint density at radius 1 is 1.54 bits per heavy atom. The number of hydrogen-bond acceptors (Lipinski definition) is 6. The van der Waals surface area contributed by atoms with Gasteiger partial charge in [0.25, 0.3) is 0 Å². The molecule has 24 heavy (non-hydrogen) atoms. The van der Waals surface area contributed by atoms with Gasteiger partial charge in [-0.1, -0.05) is 0 Å². The maximum Gasteiger partial charge on any atom is 0.327 e. The number of hydrogen-bond donors (Lipinski definition) is 1. The van der Waals surface area contributed by atoms with Crippen molar-refractivity contribution in [3.63, 3.8) is 0 Å². The second-order valence-electron chi connectivity index (χ2n) is 6.23. The Morgan fingerprint density at radius 2 is 2.38 bits per heavy atom. The van der Waals surface area contributed by atoms with E-state index in [-0.39, 0.29) is 12.0 Å². The van der Waals surface area contributed by atoms with Gasteiger partial charge in [0.2, 0.25) is 0 Å². The van der Waals surface area contributed by atoms with Crippen LogP contribution in [0.3, 0.4) is 0 Å². The molecule has 0 unspecified atom stereocenters. The van der Waals surface area contributed by atoms with Crippen molar-refractivity contribution < 1.29 is 9.53 Å². The van der Waals surface area contributed by atoms with Crippen molar-refractivity contribution in [2.24, 2.45) is 7.05 Å². The van der Waals surface area contributed by atoms with Crippen LogP contribution in [0, 0.1) is 6.92 Å². The Bertz CT molecular complexity index is 683. The second kappa shape index (κ2) is 7.36. The number of rotatable bonds is 5. The number of carbonyl (C=O) groups excluding carboxylic acids is 1. The summed E-state index contributed by atoms with van der Waals surface area (Å²) in [7, 11) is 3.41. The molecule has 130 valence electrons. The zero-order valence-electron chi connectivity index (χ0n) is 14.4. The molecule has 2 atom stereocenters. The Labute approximate surface area is 146 Å². The lowest BCUT2D eigenvalue weighted by atomic mass is 10.0. The first-order chi connectivity index (χ1) is 11.6. The van der Waals surface area contributed by atoms with Crippen molar-refractivity contribution in [3.05, 3.63) is 34.2 Å². The molecule has 1 aliphatic rings. The molecule has 1 aliphatic heterocycles. The summed E-state index contributed by atoms with van der Waals surface area (Å²) >= 11 is 1.59. The average Bonchev–Trinajstić information content (AvgIpc) is 3.21. The van der Waals surface area contributed by atoms with Gasteiger partial charge in [0.05, 0.1) is 12.8 Å². The van der Waals surface area contributed by atoms with Crippen LogP contribution in [0.4, 0.5) is 5.82 Å². The van der Waals surface area contributed by atoms with Gasteiger partial charge in [-0.05, 0) is 42.2 Å². The van der Waals surface area contributed by atoms with Crippen molar-refractivity contribution >= 4 is 23.1 Å². The molecule has 0 saturated carbocycles. The van der Waals surface area contributed by atoms with Crippen LogP contribution in [-0.4, -0.2) is 42.0 Å². The van der Waals surface area contributed by atoms with E-state index in [9.17, 15) is 4.79 Å². The summed E-state index contributed by atoms with van der Waals surface area (Å²) in [6.07, 6.45) is 2.13. The number of carbonyl (C=O) groups is 1. The number of ether oxygens (including phenoxy) is 1. The van der Waals surface area contributed by atoms with Gasteiger partial charge >= 0.3 is 5.97 Å². The SMILES string of the molecule is COC(=O)[C@H](N[C@@H]1CCCN(c2cc(C)nn2C)C1)c1ccsc1. The normalized spacial score (nSPS) is 19.3. The zero-order valence-corrected chi connectivity index (χ0v) is 15.2. The third-order valence-corrected chi connectivity index (χ3v) is 5.14. The Morgan fingerprint density at radius 3 is 3.00 bits per heavy atom. The molecular formula is C17H24N4O2S. The van der Waals surface area contributed by atoms with Crippen LogP contribution in [0.2, 0.25) is 0 Å². The minimum atomic E-state index is -0.403. The Hall–Kier alpha value is -1.86. The molecule has 3 heterocycles. The van der Waals surface area contributed by atoms with E-state index in [0.29, 0.717) is 0 Å². The lowest BCUT2D eigenvalue weighted by Gasteiger charge is -2.35. The van der Waals surface area contributed by atoms with Crippen LogP contribution in [0.15, 0.2) is 22.9 Å². The zero-order chi connectivity index (χ0) is 17.1. The van der Waals surface area contributed by atoms with E-state index in [0.717, 1.165) is 43.0 Å². The molecule has 0 bridgehead atoms. The fraction of sp³-hybridized carbons (Fsp3) is 0.529. The fourth-order valence-electron chi connectivity index (χ4n) is 3.31. The smallest absolute Gasteiger partial charge is 0.327 e. The molecule has 6 nitrogen and oxygen atoms in total. The minimum Gasteiger partial charge on any atom is -0.468 e. The van der Waals surface area contributed by atoms with E-state index in [1.165, 1.54) is 7.11 Å². The van der Waals surface area contributed by atoms with Gasteiger partial charge in [0.1, 0.15) is 11.9 Å². The standard InChI is InChI=1S/C17H24N4O2S/c1-12-9-15(20(2)19-12)21-7-4-5-14(10-21)18-16(17(22)23-3)13-6-8-24-11-13/h6,8-9,11,14,16,18H,4-5,7,10H2,1-3H3/t14-,16-/m1/s1. The molecule has 3 rings (SSSR count). The Balaban J connectivity index is 1.72. The largest absolute Gasteiger partial charge is 0.468 e. The second-order valence-corrected chi connectivity index (χ2v) is 7.01. The highest BCUT2D eigenvalue weighted by Gasteiger charge is 2.28. The van der Waals surface area contributed by atoms with Gasteiger partial charge in [-0.2, -0.15) is 16.4 Å². The van der Waals surface area contributed by atoms with Crippen molar-refractivity contribution in [1.82, 2.24) is 15.1 Å². The average molecular weight is 348 g/mol. The number of aryl methyl sites for hydroxylation is 2. The number of piperidine rings is 1. The molecule has 0 amide bonds. The van der Waals surface area contributed by atoms with Crippen molar-refractivity contribution in [1.29, 1.82) is 0 Å². The van der Waals surface area contributed by atoms with E-state index in [1.54, 1.807) is 11.3 Å². The summed E-state index contributed by atoms with van der Waals surface area (Å²) < 4.78 is 6.91. The maximum absolute atomic E-state index is 12.2. The molecule has 2 aromatic rings. The molecule has 1 N–H and O–H groups in total. The van der Waals surface area contributed by atoms with Crippen LogP contribution in [0.5, 0.6) is 0 Å². The van der Waals surface area contributed by atoms with Gasteiger partial charge in [0.15, 0.2) is 0 Å². The molecule has 7 heteroatoms.